The number of carbonyl (C=O) groups is 1. The molecule has 0 fully saturated rings. The summed E-state index contributed by atoms with van der Waals surface area (Å²) in [7, 11) is 1.48. The van der Waals surface area contributed by atoms with Crippen LogP contribution in [0.15, 0.2) is 66.2 Å². The van der Waals surface area contributed by atoms with Crippen LogP contribution >= 0.6 is 34.2 Å². The largest absolute Gasteiger partial charge is 0.493 e. The van der Waals surface area contributed by atoms with E-state index in [0.29, 0.717) is 36.9 Å². The van der Waals surface area contributed by atoms with Gasteiger partial charge in [-0.05, 0) is 64.6 Å². The molecule has 1 N–H and O–H groups in total. The van der Waals surface area contributed by atoms with Crippen molar-refractivity contribution in [2.45, 2.75) is 6.61 Å². The Balaban J connectivity index is 1.84. The fourth-order valence-electron chi connectivity index (χ4n) is 2.80. The number of nitrogens with one attached hydrogen (secondary N) is 1. The van der Waals surface area contributed by atoms with Crippen LogP contribution in [0.4, 0.5) is 10.1 Å². The van der Waals surface area contributed by atoms with Crippen LogP contribution < -0.4 is 14.8 Å². The maximum Gasteiger partial charge on any atom is 0.266 e. The van der Waals surface area contributed by atoms with E-state index in [1.807, 2.05) is 6.07 Å². The summed E-state index contributed by atoms with van der Waals surface area (Å²) in [5, 5.41) is 12.5. The highest BCUT2D eigenvalue weighted by molar-refractivity contribution is 14.1. The van der Waals surface area contributed by atoms with E-state index >= 15 is 0 Å². The van der Waals surface area contributed by atoms with E-state index in [4.69, 9.17) is 21.1 Å². The number of para-hydroxylation sites is 1. The molecule has 0 aliphatic carbocycles. The van der Waals surface area contributed by atoms with E-state index < -0.39 is 5.91 Å². The Bertz CT molecular complexity index is 1220. The summed E-state index contributed by atoms with van der Waals surface area (Å²) in [5.74, 6) is -0.116. The van der Waals surface area contributed by atoms with Crippen molar-refractivity contribution in [2.75, 3.05) is 12.4 Å². The number of hydrogen-bond donors (Lipinski definition) is 1. The third-order valence-corrected chi connectivity index (χ3v) is 5.51. The number of anilines is 1. The molecule has 5 nitrogen and oxygen atoms in total. The molecular weight excluding hydrogens is 546 g/mol. The standard InChI is InChI=1S/C24H17ClFIN2O3/c1-31-22-12-15(10-17(13-28)24(30)29-21-9-5-3-7-18(21)25)11-20(27)23(22)32-14-16-6-2-4-8-19(16)26/h2-12H,14H2,1H3,(H,29,30)/b17-10+. The van der Waals surface area contributed by atoms with Crippen LogP contribution in [0.1, 0.15) is 11.1 Å². The van der Waals surface area contributed by atoms with E-state index in [1.54, 1.807) is 54.6 Å². The molecule has 0 heterocycles. The number of carbonyl (C=O) groups excluding carboxylic acids is 1. The van der Waals surface area contributed by atoms with Crippen molar-refractivity contribution >= 4 is 51.9 Å². The van der Waals surface area contributed by atoms with Crippen molar-refractivity contribution in [3.05, 3.63) is 91.8 Å². The number of hydrogen-bond acceptors (Lipinski definition) is 4. The van der Waals surface area contributed by atoms with Gasteiger partial charge in [-0.2, -0.15) is 5.26 Å². The van der Waals surface area contributed by atoms with Gasteiger partial charge in [0, 0.05) is 5.56 Å². The van der Waals surface area contributed by atoms with E-state index in [0.717, 1.165) is 0 Å². The molecule has 0 aromatic heterocycles. The van der Waals surface area contributed by atoms with Crippen LogP contribution in [0.25, 0.3) is 6.08 Å². The molecule has 0 unspecified atom stereocenters. The quantitative estimate of drug-likeness (QED) is 0.211. The topological polar surface area (TPSA) is 71.3 Å². The van der Waals surface area contributed by atoms with Crippen LogP contribution in [0.2, 0.25) is 5.02 Å². The molecule has 0 bridgehead atoms. The smallest absolute Gasteiger partial charge is 0.266 e. The minimum atomic E-state index is -0.588. The number of nitriles is 1. The number of halogens is 3. The van der Waals surface area contributed by atoms with Crippen molar-refractivity contribution in [1.29, 1.82) is 5.26 Å². The molecule has 0 atom stereocenters. The minimum Gasteiger partial charge on any atom is -0.493 e. The van der Waals surface area contributed by atoms with Gasteiger partial charge in [-0.15, -0.1) is 0 Å². The molecule has 0 spiro atoms. The SMILES string of the molecule is COc1cc(/C=C(\C#N)C(=O)Nc2ccccc2Cl)cc(I)c1OCc1ccccc1F. The number of benzene rings is 3. The molecule has 0 saturated carbocycles. The number of ether oxygens (including phenoxy) is 2. The van der Waals surface area contributed by atoms with E-state index in [9.17, 15) is 14.4 Å². The van der Waals surface area contributed by atoms with Crippen molar-refractivity contribution in [1.82, 2.24) is 0 Å². The maximum atomic E-state index is 13.9. The Morgan fingerprint density at radius 1 is 1.22 bits per heavy atom. The maximum absolute atomic E-state index is 13.9. The van der Waals surface area contributed by atoms with Gasteiger partial charge in [-0.25, -0.2) is 4.39 Å². The molecule has 8 heteroatoms. The van der Waals surface area contributed by atoms with Gasteiger partial charge >= 0.3 is 0 Å². The lowest BCUT2D eigenvalue weighted by Crippen LogP contribution is -2.13. The normalized spacial score (nSPS) is 10.9. The molecule has 0 aliphatic heterocycles. The second kappa shape index (κ2) is 11.0. The number of nitrogens with zero attached hydrogens (tertiary/aromatic N) is 1. The summed E-state index contributed by atoms with van der Waals surface area (Å²) < 4.78 is 25.8. The zero-order valence-electron chi connectivity index (χ0n) is 16.9. The zero-order chi connectivity index (χ0) is 23.1. The summed E-state index contributed by atoms with van der Waals surface area (Å²) in [4.78, 5) is 12.5. The lowest BCUT2D eigenvalue weighted by molar-refractivity contribution is -0.112. The highest BCUT2D eigenvalue weighted by Gasteiger charge is 2.15. The highest BCUT2D eigenvalue weighted by Crippen LogP contribution is 2.35. The van der Waals surface area contributed by atoms with Gasteiger partial charge in [0.05, 0.1) is 21.4 Å². The van der Waals surface area contributed by atoms with Crippen LogP contribution in [-0.4, -0.2) is 13.0 Å². The Morgan fingerprint density at radius 3 is 2.62 bits per heavy atom. The van der Waals surface area contributed by atoms with Crippen molar-refractivity contribution in [3.8, 4) is 17.6 Å². The van der Waals surface area contributed by atoms with Gasteiger partial charge in [0.1, 0.15) is 24.1 Å². The van der Waals surface area contributed by atoms with Crippen molar-refractivity contribution in [3.63, 3.8) is 0 Å². The number of methoxy groups -OCH3 is 1. The first-order valence-electron chi connectivity index (χ1n) is 9.34. The van der Waals surface area contributed by atoms with Crippen LogP contribution in [0, 0.1) is 20.7 Å². The molecule has 162 valence electrons. The second-order valence-electron chi connectivity index (χ2n) is 6.52. The summed E-state index contributed by atoms with van der Waals surface area (Å²) in [6, 6.07) is 18.4. The highest BCUT2D eigenvalue weighted by atomic mass is 127. The van der Waals surface area contributed by atoms with Crippen LogP contribution in [0.3, 0.4) is 0 Å². The third kappa shape index (κ3) is 5.78. The monoisotopic (exact) mass is 562 g/mol. The number of amides is 1. The van der Waals surface area contributed by atoms with Crippen molar-refractivity contribution < 1.29 is 18.7 Å². The summed E-state index contributed by atoms with van der Waals surface area (Å²) in [6.45, 7) is 0.0257. The fourth-order valence-corrected chi connectivity index (χ4v) is 3.76. The molecule has 3 aromatic carbocycles. The minimum absolute atomic E-state index is 0.0257. The molecule has 0 aliphatic rings. The van der Waals surface area contributed by atoms with E-state index in [1.165, 1.54) is 19.3 Å². The predicted molar refractivity (Wildman–Crippen MR) is 130 cm³/mol. The molecule has 1 amide bonds. The molecule has 32 heavy (non-hydrogen) atoms. The third-order valence-electron chi connectivity index (χ3n) is 4.38. The Kier molecular flexibility index (Phi) is 8.09. The Hall–Kier alpha value is -3.09. The second-order valence-corrected chi connectivity index (χ2v) is 8.09. The van der Waals surface area contributed by atoms with Crippen LogP contribution in [0.5, 0.6) is 11.5 Å². The van der Waals surface area contributed by atoms with Gasteiger partial charge in [-0.1, -0.05) is 41.9 Å². The molecule has 0 saturated heterocycles. The summed E-state index contributed by atoms with van der Waals surface area (Å²) in [6.07, 6.45) is 1.44. The van der Waals surface area contributed by atoms with Gasteiger partial charge in [0.25, 0.3) is 5.91 Å². The summed E-state index contributed by atoms with van der Waals surface area (Å²) in [5.41, 5.74) is 1.28. The average molecular weight is 563 g/mol. The van der Waals surface area contributed by atoms with E-state index in [-0.39, 0.29) is 18.0 Å². The first kappa shape index (κ1) is 23.6. The average Bonchev–Trinajstić information content (AvgIpc) is 2.78. The lowest BCUT2D eigenvalue weighted by Gasteiger charge is -2.14. The van der Waals surface area contributed by atoms with E-state index in [2.05, 4.69) is 27.9 Å². The van der Waals surface area contributed by atoms with Crippen LogP contribution in [-0.2, 0) is 11.4 Å². The Labute approximate surface area is 203 Å². The van der Waals surface area contributed by atoms with Gasteiger partial charge < -0.3 is 14.8 Å². The fraction of sp³-hybridized carbons (Fsp3) is 0.0833. The van der Waals surface area contributed by atoms with Gasteiger partial charge in [0.2, 0.25) is 0 Å². The predicted octanol–water partition coefficient (Wildman–Crippen LogP) is 6.22. The van der Waals surface area contributed by atoms with Crippen molar-refractivity contribution in [2.24, 2.45) is 0 Å². The first-order chi connectivity index (χ1) is 15.4. The molecule has 3 rings (SSSR count). The lowest BCUT2D eigenvalue weighted by atomic mass is 10.1. The summed E-state index contributed by atoms with van der Waals surface area (Å²) >= 11 is 8.12. The van der Waals surface area contributed by atoms with Gasteiger partial charge in [0.15, 0.2) is 11.5 Å². The van der Waals surface area contributed by atoms with Gasteiger partial charge in [-0.3, -0.25) is 4.79 Å². The zero-order valence-corrected chi connectivity index (χ0v) is 19.8. The first-order valence-corrected chi connectivity index (χ1v) is 10.8. The molecule has 3 aromatic rings. The Morgan fingerprint density at radius 2 is 1.94 bits per heavy atom. The molecule has 0 radical (unpaired) electrons. The molecular formula is C24H17ClFIN2O3. The number of rotatable bonds is 7.